The molecule has 2 heterocycles. The SMILES string of the molecule is Nc1ccc[n+]([O-])c1SSc1c(N)ccc[n+]1[O-]. The van der Waals surface area contributed by atoms with Crippen LogP contribution in [0.1, 0.15) is 0 Å². The van der Waals surface area contributed by atoms with Crippen LogP contribution in [0.5, 0.6) is 0 Å². The summed E-state index contributed by atoms with van der Waals surface area (Å²) >= 11 is 0. The molecule has 0 saturated carbocycles. The zero-order valence-electron chi connectivity index (χ0n) is 9.15. The predicted octanol–water partition coefficient (Wildman–Crippen LogP) is 0.917. The number of nitrogen functional groups attached to an aromatic ring is 2. The number of hydrogen-bond acceptors (Lipinski definition) is 6. The third-order valence-electron chi connectivity index (χ3n) is 2.09. The van der Waals surface area contributed by atoms with Gasteiger partial charge in [0.25, 0.3) is 10.1 Å². The summed E-state index contributed by atoms with van der Waals surface area (Å²) in [5.74, 6) is 0. The third-order valence-corrected chi connectivity index (χ3v) is 4.52. The van der Waals surface area contributed by atoms with Gasteiger partial charge in [0.05, 0.1) is 0 Å². The van der Waals surface area contributed by atoms with Crippen molar-refractivity contribution in [2.24, 2.45) is 0 Å². The molecule has 0 radical (unpaired) electrons. The highest BCUT2D eigenvalue weighted by Crippen LogP contribution is 2.38. The molecular weight excluding hydrogens is 272 g/mol. The van der Waals surface area contributed by atoms with Gasteiger partial charge in [-0.3, -0.25) is 0 Å². The normalized spacial score (nSPS) is 10.4. The molecular formula is C10H10N4O2S2. The minimum Gasteiger partial charge on any atom is -0.618 e. The van der Waals surface area contributed by atoms with Crippen molar-refractivity contribution in [3.8, 4) is 0 Å². The molecule has 2 aromatic rings. The summed E-state index contributed by atoms with van der Waals surface area (Å²) < 4.78 is 1.31. The number of pyridine rings is 2. The topological polar surface area (TPSA) is 106 Å². The average molecular weight is 282 g/mol. The van der Waals surface area contributed by atoms with E-state index in [0.717, 1.165) is 21.6 Å². The molecule has 8 heteroatoms. The Morgan fingerprint density at radius 3 is 1.56 bits per heavy atom. The zero-order valence-corrected chi connectivity index (χ0v) is 10.8. The van der Waals surface area contributed by atoms with Crippen LogP contribution in [0.2, 0.25) is 0 Å². The van der Waals surface area contributed by atoms with E-state index in [4.69, 9.17) is 11.5 Å². The Bertz CT molecular complexity index is 488. The van der Waals surface area contributed by atoms with Gasteiger partial charge in [0.1, 0.15) is 11.4 Å². The first-order valence-corrected chi connectivity index (χ1v) is 7.04. The summed E-state index contributed by atoms with van der Waals surface area (Å²) in [6.07, 6.45) is 2.69. The second-order valence-electron chi connectivity index (χ2n) is 3.36. The molecule has 0 bridgehead atoms. The molecule has 0 aliphatic carbocycles. The van der Waals surface area contributed by atoms with Crippen LogP contribution in [0, 0.1) is 10.4 Å². The first-order chi connectivity index (χ1) is 8.59. The van der Waals surface area contributed by atoms with Crippen molar-refractivity contribution in [2.75, 3.05) is 11.5 Å². The van der Waals surface area contributed by atoms with E-state index < -0.39 is 0 Å². The molecule has 0 spiro atoms. The first kappa shape index (κ1) is 12.7. The maximum absolute atomic E-state index is 11.5. The van der Waals surface area contributed by atoms with Crippen molar-refractivity contribution in [2.45, 2.75) is 10.1 Å². The van der Waals surface area contributed by atoms with E-state index in [-0.39, 0.29) is 0 Å². The largest absolute Gasteiger partial charge is 0.618 e. The van der Waals surface area contributed by atoms with E-state index in [1.165, 1.54) is 12.4 Å². The lowest BCUT2D eigenvalue weighted by molar-refractivity contribution is -0.645. The fourth-order valence-electron chi connectivity index (χ4n) is 1.23. The summed E-state index contributed by atoms with van der Waals surface area (Å²) in [5.41, 5.74) is 12.1. The number of rotatable bonds is 3. The molecule has 0 saturated heterocycles. The van der Waals surface area contributed by atoms with Gasteiger partial charge in [0.2, 0.25) is 0 Å². The Morgan fingerprint density at radius 1 is 0.833 bits per heavy atom. The summed E-state index contributed by atoms with van der Waals surface area (Å²) in [5, 5.41) is 23.7. The average Bonchev–Trinajstić information content (AvgIpc) is 2.31. The molecule has 18 heavy (non-hydrogen) atoms. The van der Waals surface area contributed by atoms with Crippen molar-refractivity contribution in [3.05, 3.63) is 47.1 Å². The van der Waals surface area contributed by atoms with E-state index in [2.05, 4.69) is 0 Å². The highest BCUT2D eigenvalue weighted by atomic mass is 33.1. The predicted molar refractivity (Wildman–Crippen MR) is 71.3 cm³/mol. The van der Waals surface area contributed by atoms with Gasteiger partial charge < -0.3 is 21.9 Å². The van der Waals surface area contributed by atoms with Crippen LogP contribution < -0.4 is 20.9 Å². The summed E-state index contributed by atoms with van der Waals surface area (Å²) in [6.45, 7) is 0. The Balaban J connectivity index is 2.22. The molecule has 0 aromatic carbocycles. The van der Waals surface area contributed by atoms with Gasteiger partial charge in [-0.15, -0.1) is 0 Å². The molecule has 4 N–H and O–H groups in total. The fraction of sp³-hybridized carbons (Fsp3) is 0. The van der Waals surface area contributed by atoms with E-state index in [9.17, 15) is 10.4 Å². The van der Waals surface area contributed by atoms with Crippen molar-refractivity contribution in [1.29, 1.82) is 0 Å². The van der Waals surface area contributed by atoms with E-state index in [1.54, 1.807) is 24.3 Å². The first-order valence-electron chi connectivity index (χ1n) is 4.89. The van der Waals surface area contributed by atoms with Crippen molar-refractivity contribution in [3.63, 3.8) is 0 Å². The van der Waals surface area contributed by atoms with Gasteiger partial charge in [-0.2, -0.15) is 9.46 Å². The molecule has 94 valence electrons. The lowest BCUT2D eigenvalue weighted by Crippen LogP contribution is -2.30. The van der Waals surface area contributed by atoms with Gasteiger partial charge in [-0.05, 0) is 12.1 Å². The molecule has 0 amide bonds. The summed E-state index contributed by atoms with van der Waals surface area (Å²) in [7, 11) is 2.19. The minimum absolute atomic E-state index is 0.325. The van der Waals surface area contributed by atoms with E-state index in [0.29, 0.717) is 30.9 Å². The summed E-state index contributed by atoms with van der Waals surface area (Å²) in [4.78, 5) is 0. The van der Waals surface area contributed by atoms with Crippen molar-refractivity contribution in [1.82, 2.24) is 0 Å². The van der Waals surface area contributed by atoms with Crippen LogP contribution in [-0.4, -0.2) is 0 Å². The number of hydrogen-bond donors (Lipinski definition) is 2. The fourth-order valence-corrected chi connectivity index (χ4v) is 3.48. The lowest BCUT2D eigenvalue weighted by atomic mass is 10.4. The standard InChI is InChI=1S/C10H10N4O2S2/c11-7-3-1-5-13(15)9(7)17-18-10-8(12)4-2-6-14(10)16/h1-6H,11-12H2. The maximum Gasteiger partial charge on any atom is 0.285 e. The Hall–Kier alpha value is -1.80. The second kappa shape index (κ2) is 5.23. The van der Waals surface area contributed by atoms with Crippen LogP contribution in [0.25, 0.3) is 0 Å². The van der Waals surface area contributed by atoms with Crippen LogP contribution in [0.3, 0.4) is 0 Å². The molecule has 6 nitrogen and oxygen atoms in total. The minimum atomic E-state index is 0.325. The van der Waals surface area contributed by atoms with E-state index in [1.807, 2.05) is 0 Å². The zero-order chi connectivity index (χ0) is 13.1. The number of nitrogens with two attached hydrogens (primary N) is 2. The number of anilines is 2. The highest BCUT2D eigenvalue weighted by molar-refractivity contribution is 8.76. The van der Waals surface area contributed by atoms with Gasteiger partial charge in [0.15, 0.2) is 12.4 Å². The third kappa shape index (κ3) is 2.54. The van der Waals surface area contributed by atoms with Crippen LogP contribution in [0.15, 0.2) is 46.7 Å². The molecule has 2 aromatic heterocycles. The summed E-state index contributed by atoms with van der Waals surface area (Å²) in [6, 6.07) is 6.36. The van der Waals surface area contributed by atoms with Crippen molar-refractivity contribution >= 4 is 33.0 Å². The molecule has 0 atom stereocenters. The van der Waals surface area contributed by atoms with Crippen LogP contribution in [-0.2, 0) is 0 Å². The van der Waals surface area contributed by atoms with Gasteiger partial charge in [-0.25, -0.2) is 0 Å². The quantitative estimate of drug-likeness (QED) is 0.492. The molecule has 0 fully saturated rings. The Kier molecular flexibility index (Phi) is 3.68. The molecule has 0 aliphatic rings. The van der Waals surface area contributed by atoms with Crippen molar-refractivity contribution < 1.29 is 9.46 Å². The molecule has 0 aliphatic heterocycles. The smallest absolute Gasteiger partial charge is 0.285 e. The Labute approximate surface area is 111 Å². The lowest BCUT2D eigenvalue weighted by Gasteiger charge is -2.07. The molecule has 0 unspecified atom stereocenters. The van der Waals surface area contributed by atoms with Gasteiger partial charge in [-0.1, -0.05) is 0 Å². The monoisotopic (exact) mass is 282 g/mol. The van der Waals surface area contributed by atoms with Crippen LogP contribution in [0.4, 0.5) is 11.4 Å². The highest BCUT2D eigenvalue weighted by Gasteiger charge is 2.17. The maximum atomic E-state index is 11.5. The van der Waals surface area contributed by atoms with Crippen LogP contribution >= 0.6 is 21.6 Å². The Morgan fingerprint density at radius 2 is 1.22 bits per heavy atom. The second-order valence-corrected chi connectivity index (χ2v) is 5.46. The number of aromatic nitrogens is 2. The van der Waals surface area contributed by atoms with Gasteiger partial charge >= 0.3 is 0 Å². The molecule has 2 rings (SSSR count). The number of nitrogens with zero attached hydrogens (tertiary/aromatic N) is 2. The van der Waals surface area contributed by atoms with Gasteiger partial charge in [0, 0.05) is 33.7 Å². The van der Waals surface area contributed by atoms with E-state index >= 15 is 0 Å².